The fourth-order valence-corrected chi connectivity index (χ4v) is 2.16. The zero-order valence-electron chi connectivity index (χ0n) is 11.3. The van der Waals surface area contributed by atoms with E-state index in [2.05, 4.69) is 4.98 Å². The molecule has 6 nitrogen and oxygen atoms in total. The van der Waals surface area contributed by atoms with Gasteiger partial charge in [-0.25, -0.2) is 4.98 Å². The van der Waals surface area contributed by atoms with Crippen LogP contribution in [0.5, 0.6) is 0 Å². The summed E-state index contributed by atoms with van der Waals surface area (Å²) in [6.07, 6.45) is -0.0585. The topological polar surface area (TPSA) is 94.5 Å². The Hall–Kier alpha value is -1.66. The van der Waals surface area contributed by atoms with E-state index in [0.717, 1.165) is 5.69 Å². The Morgan fingerprint density at radius 2 is 2.32 bits per heavy atom. The number of hydrogen-bond acceptors (Lipinski definition) is 5. The molecule has 0 spiro atoms. The first-order valence-electron chi connectivity index (χ1n) is 6.38. The van der Waals surface area contributed by atoms with Crippen molar-refractivity contribution in [3.8, 4) is 0 Å². The Morgan fingerprint density at radius 3 is 2.95 bits per heavy atom. The molecule has 4 N–H and O–H groups in total. The van der Waals surface area contributed by atoms with Crippen LogP contribution in [-0.2, 0) is 4.74 Å². The predicted octanol–water partition coefficient (Wildman–Crippen LogP) is 0.0413. The van der Waals surface area contributed by atoms with Gasteiger partial charge >= 0.3 is 0 Å². The van der Waals surface area contributed by atoms with E-state index in [4.69, 9.17) is 16.2 Å². The predicted molar refractivity (Wildman–Crippen MR) is 73.1 cm³/mol. The molecule has 2 heterocycles. The number of amides is 1. The summed E-state index contributed by atoms with van der Waals surface area (Å²) in [7, 11) is 0. The lowest BCUT2D eigenvalue weighted by Gasteiger charge is -2.36. The number of carbonyl (C=O) groups excluding carboxylic acids is 1. The molecular weight excluding hydrogens is 244 g/mol. The minimum atomic E-state index is -0.466. The quantitative estimate of drug-likeness (QED) is 0.804. The molecule has 104 valence electrons. The number of nitrogens with zero attached hydrogens (tertiary/aromatic N) is 2. The molecule has 19 heavy (non-hydrogen) atoms. The van der Waals surface area contributed by atoms with Gasteiger partial charge in [-0.2, -0.15) is 0 Å². The number of hydrogen-bond donors (Lipinski definition) is 2. The fourth-order valence-electron chi connectivity index (χ4n) is 2.16. The van der Waals surface area contributed by atoms with E-state index in [1.807, 2.05) is 18.7 Å². The van der Waals surface area contributed by atoms with E-state index >= 15 is 0 Å². The lowest BCUT2D eigenvalue weighted by molar-refractivity contribution is 0.0273. The maximum atomic E-state index is 11.5. The molecule has 1 amide bonds. The highest BCUT2D eigenvalue weighted by molar-refractivity contribution is 5.97. The molecule has 0 bridgehead atoms. The molecule has 0 radical (unpaired) electrons. The van der Waals surface area contributed by atoms with Crippen LogP contribution < -0.4 is 16.4 Å². The van der Waals surface area contributed by atoms with Crippen LogP contribution in [-0.4, -0.2) is 42.7 Å². The fraction of sp³-hybridized carbons (Fsp3) is 0.538. The Morgan fingerprint density at radius 1 is 1.58 bits per heavy atom. The molecular formula is C13H20N4O2. The van der Waals surface area contributed by atoms with Gasteiger partial charge in [0.1, 0.15) is 5.82 Å². The number of anilines is 1. The van der Waals surface area contributed by atoms with Crippen LogP contribution in [0.15, 0.2) is 12.1 Å². The summed E-state index contributed by atoms with van der Waals surface area (Å²) in [6.45, 7) is 5.67. The highest BCUT2D eigenvalue weighted by Gasteiger charge is 2.26. The molecule has 1 aromatic heterocycles. The first-order valence-corrected chi connectivity index (χ1v) is 6.38. The van der Waals surface area contributed by atoms with Gasteiger partial charge in [-0.3, -0.25) is 4.79 Å². The van der Waals surface area contributed by atoms with Gasteiger partial charge in [0.2, 0.25) is 0 Å². The number of ether oxygens (including phenoxy) is 1. The third-order valence-electron chi connectivity index (χ3n) is 3.26. The summed E-state index contributed by atoms with van der Waals surface area (Å²) in [5, 5.41) is 0. The second kappa shape index (κ2) is 5.54. The second-order valence-electron chi connectivity index (χ2n) is 4.90. The minimum absolute atomic E-state index is 0.0585. The van der Waals surface area contributed by atoms with Crippen LogP contribution in [0.2, 0.25) is 0 Å². The number of pyridine rings is 1. The summed E-state index contributed by atoms with van der Waals surface area (Å²) in [5.74, 6) is 0.160. The van der Waals surface area contributed by atoms with E-state index in [-0.39, 0.29) is 12.1 Å². The number of nitrogens with two attached hydrogens (primary N) is 2. The van der Waals surface area contributed by atoms with Crippen molar-refractivity contribution in [3.63, 3.8) is 0 Å². The maximum Gasteiger partial charge on any atom is 0.252 e. The van der Waals surface area contributed by atoms with E-state index < -0.39 is 5.91 Å². The molecule has 2 unspecified atom stereocenters. The summed E-state index contributed by atoms with van der Waals surface area (Å²) in [4.78, 5) is 17.9. The second-order valence-corrected chi connectivity index (χ2v) is 4.90. The van der Waals surface area contributed by atoms with Gasteiger partial charge in [0.25, 0.3) is 5.91 Å². The summed E-state index contributed by atoms with van der Waals surface area (Å²) < 4.78 is 5.61. The molecule has 1 aromatic rings. The van der Waals surface area contributed by atoms with Gasteiger partial charge in [0.05, 0.1) is 18.3 Å². The van der Waals surface area contributed by atoms with Gasteiger partial charge in [-0.1, -0.05) is 0 Å². The van der Waals surface area contributed by atoms with Gasteiger partial charge < -0.3 is 21.1 Å². The van der Waals surface area contributed by atoms with Crippen LogP contribution in [0, 0.1) is 6.92 Å². The molecule has 1 fully saturated rings. The molecule has 2 atom stereocenters. The van der Waals surface area contributed by atoms with E-state index in [0.29, 0.717) is 31.1 Å². The van der Waals surface area contributed by atoms with Crippen molar-refractivity contribution in [1.29, 1.82) is 0 Å². The van der Waals surface area contributed by atoms with Gasteiger partial charge in [0, 0.05) is 24.8 Å². The van der Waals surface area contributed by atoms with Crippen molar-refractivity contribution in [3.05, 3.63) is 23.4 Å². The van der Waals surface area contributed by atoms with E-state index in [1.54, 1.807) is 12.1 Å². The number of rotatable bonds is 3. The SMILES string of the molecule is Cc1ccc(C(N)=O)c(N2CCOC(C(C)N)C2)n1. The van der Waals surface area contributed by atoms with Crippen molar-refractivity contribution in [2.45, 2.75) is 26.0 Å². The molecule has 6 heteroatoms. The molecule has 2 rings (SSSR count). The Labute approximate surface area is 112 Å². The van der Waals surface area contributed by atoms with E-state index in [9.17, 15) is 4.79 Å². The first kappa shape index (κ1) is 13.8. The number of aromatic nitrogens is 1. The monoisotopic (exact) mass is 264 g/mol. The number of aryl methyl sites for hydroxylation is 1. The van der Waals surface area contributed by atoms with Crippen LogP contribution in [0.25, 0.3) is 0 Å². The van der Waals surface area contributed by atoms with Crippen molar-refractivity contribution in [2.75, 3.05) is 24.6 Å². The van der Waals surface area contributed by atoms with Crippen molar-refractivity contribution < 1.29 is 9.53 Å². The summed E-state index contributed by atoms with van der Waals surface area (Å²) in [6, 6.07) is 3.44. The van der Waals surface area contributed by atoms with Crippen LogP contribution >= 0.6 is 0 Å². The standard InChI is InChI=1S/C13H20N4O2/c1-8-3-4-10(12(15)18)13(16-8)17-5-6-19-11(7-17)9(2)14/h3-4,9,11H,5-7,14H2,1-2H3,(H2,15,18). The first-order chi connectivity index (χ1) is 8.99. The molecule has 0 aliphatic carbocycles. The zero-order valence-corrected chi connectivity index (χ0v) is 11.3. The molecule has 1 saturated heterocycles. The Kier molecular flexibility index (Phi) is 4.01. The minimum Gasteiger partial charge on any atom is -0.373 e. The average Bonchev–Trinajstić information content (AvgIpc) is 2.38. The lowest BCUT2D eigenvalue weighted by atomic mass is 10.1. The Balaban J connectivity index is 2.30. The van der Waals surface area contributed by atoms with E-state index in [1.165, 1.54) is 0 Å². The highest BCUT2D eigenvalue weighted by atomic mass is 16.5. The number of primary amides is 1. The summed E-state index contributed by atoms with van der Waals surface area (Å²) in [5.41, 5.74) is 12.6. The Bertz CT molecular complexity index is 476. The van der Waals surface area contributed by atoms with Crippen molar-refractivity contribution in [2.24, 2.45) is 11.5 Å². The molecule has 1 aliphatic heterocycles. The lowest BCUT2D eigenvalue weighted by Crippen LogP contribution is -2.50. The maximum absolute atomic E-state index is 11.5. The van der Waals surface area contributed by atoms with Crippen LogP contribution in [0.1, 0.15) is 23.0 Å². The zero-order chi connectivity index (χ0) is 14.0. The third kappa shape index (κ3) is 3.02. The number of morpholine rings is 1. The van der Waals surface area contributed by atoms with Gasteiger partial charge in [-0.05, 0) is 26.0 Å². The molecule has 0 aromatic carbocycles. The van der Waals surface area contributed by atoms with Gasteiger partial charge in [0.15, 0.2) is 0 Å². The third-order valence-corrected chi connectivity index (χ3v) is 3.26. The highest BCUT2D eigenvalue weighted by Crippen LogP contribution is 2.21. The number of carbonyl (C=O) groups is 1. The van der Waals surface area contributed by atoms with Crippen molar-refractivity contribution in [1.82, 2.24) is 4.98 Å². The normalized spacial score (nSPS) is 21.2. The van der Waals surface area contributed by atoms with Crippen LogP contribution in [0.3, 0.4) is 0 Å². The van der Waals surface area contributed by atoms with Crippen LogP contribution in [0.4, 0.5) is 5.82 Å². The van der Waals surface area contributed by atoms with Crippen molar-refractivity contribution >= 4 is 11.7 Å². The van der Waals surface area contributed by atoms with Gasteiger partial charge in [-0.15, -0.1) is 0 Å². The smallest absolute Gasteiger partial charge is 0.252 e. The molecule has 0 saturated carbocycles. The molecule has 1 aliphatic rings. The largest absolute Gasteiger partial charge is 0.373 e. The average molecular weight is 264 g/mol. The summed E-state index contributed by atoms with van der Waals surface area (Å²) >= 11 is 0.